The molecule has 0 bridgehead atoms. The zero-order valence-electron chi connectivity index (χ0n) is 17.5. The van der Waals surface area contributed by atoms with E-state index in [-0.39, 0.29) is 11.1 Å². The molecule has 1 aromatic rings. The maximum Gasteiger partial charge on any atom is 0.293 e. The Labute approximate surface area is 167 Å². The average molecular weight is 392 g/mol. The molecule has 2 aliphatic heterocycles. The Hall–Kier alpha value is -2.13. The summed E-state index contributed by atoms with van der Waals surface area (Å²) in [5, 5.41) is 3.58. The van der Waals surface area contributed by atoms with Gasteiger partial charge < -0.3 is 29.3 Å². The van der Waals surface area contributed by atoms with Crippen molar-refractivity contribution in [1.29, 1.82) is 0 Å². The highest BCUT2D eigenvalue weighted by molar-refractivity contribution is 5.80. The van der Waals surface area contributed by atoms with E-state index in [0.717, 1.165) is 64.7 Å². The second-order valence-corrected chi connectivity index (χ2v) is 7.77. The van der Waals surface area contributed by atoms with Gasteiger partial charge in [0.2, 0.25) is 0 Å². The lowest BCUT2D eigenvalue weighted by Crippen LogP contribution is -2.59. The fourth-order valence-corrected chi connectivity index (χ4v) is 3.94. The summed E-state index contributed by atoms with van der Waals surface area (Å²) in [7, 11) is 7.87. The lowest BCUT2D eigenvalue weighted by molar-refractivity contribution is -0.00526. The minimum absolute atomic E-state index is 0.0501. The Morgan fingerprint density at radius 3 is 2.57 bits per heavy atom. The third-order valence-electron chi connectivity index (χ3n) is 6.04. The van der Waals surface area contributed by atoms with Gasteiger partial charge in [-0.2, -0.15) is 0 Å². The number of likely N-dealkylation sites (N-methyl/N-ethyl adjacent to an activating group) is 1. The van der Waals surface area contributed by atoms with E-state index >= 15 is 0 Å². The van der Waals surface area contributed by atoms with Crippen LogP contribution in [-0.2, 0) is 11.8 Å². The molecule has 0 spiro atoms. The largest absolute Gasteiger partial charge is 0.381 e. The van der Waals surface area contributed by atoms with Gasteiger partial charge in [0.15, 0.2) is 11.8 Å². The summed E-state index contributed by atoms with van der Waals surface area (Å²) in [4.78, 5) is 27.7. The van der Waals surface area contributed by atoms with Gasteiger partial charge in [0, 0.05) is 78.0 Å². The standard InChI is InChI=1S/C19H33N7O2/c1-20-18(22-15-19(23(2)3)5-13-28-14-6-19)26-11-9-25(10-12-26)16-17(27)24(4)8-7-21-16/h7-8H,5-6,9-15H2,1-4H3,(H,20,22). The smallest absolute Gasteiger partial charge is 0.293 e. The molecular formula is C19H33N7O2. The Balaban J connectivity index is 1.59. The molecule has 0 unspecified atom stereocenters. The first-order chi connectivity index (χ1) is 13.5. The van der Waals surface area contributed by atoms with Gasteiger partial charge in [-0.1, -0.05) is 0 Å². The number of piperazine rings is 1. The topological polar surface area (TPSA) is 78.2 Å². The molecule has 156 valence electrons. The van der Waals surface area contributed by atoms with Crippen molar-refractivity contribution in [1.82, 2.24) is 24.7 Å². The Kier molecular flexibility index (Phi) is 6.56. The highest BCUT2D eigenvalue weighted by Gasteiger charge is 2.35. The van der Waals surface area contributed by atoms with E-state index in [1.165, 1.54) is 0 Å². The molecule has 2 fully saturated rings. The minimum atomic E-state index is -0.0501. The van der Waals surface area contributed by atoms with Crippen molar-refractivity contribution in [3.8, 4) is 0 Å². The van der Waals surface area contributed by atoms with E-state index < -0.39 is 0 Å². The highest BCUT2D eigenvalue weighted by atomic mass is 16.5. The molecule has 28 heavy (non-hydrogen) atoms. The number of anilines is 1. The van der Waals surface area contributed by atoms with Crippen LogP contribution in [0.25, 0.3) is 0 Å². The SMILES string of the molecule is CN=C(NCC1(N(C)C)CCOCC1)N1CCN(c2nccn(C)c2=O)CC1. The van der Waals surface area contributed by atoms with Crippen molar-refractivity contribution in [2.75, 3.05) is 72.0 Å². The number of ether oxygens (including phenoxy) is 1. The number of hydrogen-bond donors (Lipinski definition) is 1. The predicted molar refractivity (Wildman–Crippen MR) is 111 cm³/mol. The van der Waals surface area contributed by atoms with Crippen molar-refractivity contribution in [2.45, 2.75) is 18.4 Å². The van der Waals surface area contributed by atoms with E-state index in [1.807, 2.05) is 7.05 Å². The molecule has 9 heteroatoms. The molecule has 3 heterocycles. The third-order valence-corrected chi connectivity index (χ3v) is 6.04. The van der Waals surface area contributed by atoms with E-state index in [9.17, 15) is 4.79 Å². The number of guanidine groups is 1. The first-order valence-corrected chi connectivity index (χ1v) is 9.94. The van der Waals surface area contributed by atoms with E-state index in [1.54, 1.807) is 24.0 Å². The van der Waals surface area contributed by atoms with Crippen LogP contribution < -0.4 is 15.8 Å². The monoisotopic (exact) mass is 391 g/mol. The van der Waals surface area contributed by atoms with Crippen LogP contribution in [0.5, 0.6) is 0 Å². The highest BCUT2D eigenvalue weighted by Crippen LogP contribution is 2.25. The van der Waals surface area contributed by atoms with Gasteiger partial charge in [-0.3, -0.25) is 9.79 Å². The maximum atomic E-state index is 12.3. The number of rotatable bonds is 4. The van der Waals surface area contributed by atoms with Crippen molar-refractivity contribution >= 4 is 11.8 Å². The Bertz CT molecular complexity index is 732. The number of aromatic nitrogens is 2. The number of nitrogens with one attached hydrogen (secondary N) is 1. The van der Waals surface area contributed by atoms with Gasteiger partial charge >= 0.3 is 0 Å². The van der Waals surface area contributed by atoms with Gasteiger partial charge in [-0.05, 0) is 26.9 Å². The van der Waals surface area contributed by atoms with E-state index in [4.69, 9.17) is 4.74 Å². The van der Waals surface area contributed by atoms with E-state index in [0.29, 0.717) is 5.82 Å². The van der Waals surface area contributed by atoms with Crippen LogP contribution >= 0.6 is 0 Å². The summed E-state index contributed by atoms with van der Waals surface area (Å²) in [6.07, 6.45) is 5.39. The molecule has 0 amide bonds. The fourth-order valence-electron chi connectivity index (χ4n) is 3.94. The molecule has 2 aliphatic rings. The first-order valence-electron chi connectivity index (χ1n) is 9.94. The Morgan fingerprint density at radius 2 is 1.96 bits per heavy atom. The summed E-state index contributed by atoms with van der Waals surface area (Å²) < 4.78 is 7.14. The predicted octanol–water partition coefficient (Wildman–Crippen LogP) is -0.411. The molecule has 9 nitrogen and oxygen atoms in total. The molecule has 0 atom stereocenters. The van der Waals surface area contributed by atoms with Crippen molar-refractivity contribution in [2.24, 2.45) is 12.0 Å². The first kappa shape index (κ1) is 20.6. The van der Waals surface area contributed by atoms with Crippen LogP contribution in [-0.4, -0.2) is 97.9 Å². The van der Waals surface area contributed by atoms with Gasteiger partial charge in [0.1, 0.15) is 0 Å². The fraction of sp³-hybridized carbons (Fsp3) is 0.737. The molecule has 0 aromatic carbocycles. The number of nitrogens with zero attached hydrogens (tertiary/aromatic N) is 6. The zero-order valence-corrected chi connectivity index (χ0v) is 17.5. The van der Waals surface area contributed by atoms with Gasteiger partial charge in [0.05, 0.1) is 0 Å². The molecule has 0 radical (unpaired) electrons. The molecule has 3 rings (SSSR count). The second kappa shape index (κ2) is 8.91. The van der Waals surface area contributed by atoms with Crippen molar-refractivity contribution in [3.63, 3.8) is 0 Å². The van der Waals surface area contributed by atoms with E-state index in [2.05, 4.69) is 44.1 Å². The normalized spacial score (nSPS) is 20.5. The summed E-state index contributed by atoms with van der Waals surface area (Å²) in [5.74, 6) is 1.45. The maximum absolute atomic E-state index is 12.3. The quantitative estimate of drug-likeness (QED) is 0.552. The van der Waals surface area contributed by atoms with Gasteiger partial charge in [-0.25, -0.2) is 4.98 Å². The number of aryl methyl sites for hydroxylation is 1. The van der Waals surface area contributed by atoms with Crippen LogP contribution in [0, 0.1) is 0 Å². The van der Waals surface area contributed by atoms with Crippen LogP contribution in [0.2, 0.25) is 0 Å². The summed E-state index contributed by atoms with van der Waals surface area (Å²) in [6.45, 7) is 5.55. The molecular weight excluding hydrogens is 358 g/mol. The molecule has 1 N–H and O–H groups in total. The molecule has 0 aliphatic carbocycles. The van der Waals surface area contributed by atoms with Crippen LogP contribution in [0.1, 0.15) is 12.8 Å². The third kappa shape index (κ3) is 4.30. The van der Waals surface area contributed by atoms with Crippen LogP contribution in [0.3, 0.4) is 0 Å². The van der Waals surface area contributed by atoms with Crippen LogP contribution in [0.15, 0.2) is 22.2 Å². The summed E-state index contributed by atoms with van der Waals surface area (Å²) >= 11 is 0. The number of hydrogen-bond acceptors (Lipinski definition) is 6. The average Bonchev–Trinajstić information content (AvgIpc) is 2.72. The lowest BCUT2D eigenvalue weighted by atomic mass is 9.88. The second-order valence-electron chi connectivity index (χ2n) is 7.77. The van der Waals surface area contributed by atoms with Gasteiger partial charge in [0.25, 0.3) is 5.56 Å². The lowest BCUT2D eigenvalue weighted by Gasteiger charge is -2.44. The van der Waals surface area contributed by atoms with Crippen LogP contribution in [0.4, 0.5) is 5.82 Å². The molecule has 2 saturated heterocycles. The summed E-state index contributed by atoms with van der Waals surface area (Å²) in [5.41, 5.74) is 0.0433. The zero-order chi connectivity index (χ0) is 20.1. The molecule has 0 saturated carbocycles. The number of aliphatic imine (C=N–C) groups is 1. The molecule has 1 aromatic heterocycles. The Morgan fingerprint density at radius 1 is 1.29 bits per heavy atom. The van der Waals surface area contributed by atoms with Gasteiger partial charge in [-0.15, -0.1) is 0 Å². The van der Waals surface area contributed by atoms with Crippen molar-refractivity contribution in [3.05, 3.63) is 22.7 Å². The summed E-state index contributed by atoms with van der Waals surface area (Å²) in [6, 6.07) is 0. The van der Waals surface area contributed by atoms with Crippen molar-refractivity contribution < 1.29 is 4.74 Å². The minimum Gasteiger partial charge on any atom is -0.381 e.